The van der Waals surface area contributed by atoms with Gasteiger partial charge in [0, 0.05) is 47.4 Å². The fourth-order valence-electron chi connectivity index (χ4n) is 5.26. The quantitative estimate of drug-likeness (QED) is 0.310. The first kappa shape index (κ1) is 24.9. The van der Waals surface area contributed by atoms with E-state index in [-0.39, 0.29) is 29.3 Å². The van der Waals surface area contributed by atoms with Crippen LogP contribution < -0.4 is 5.32 Å². The predicted molar refractivity (Wildman–Crippen MR) is 146 cm³/mol. The minimum Gasteiger partial charge on any atom is -0.299 e. The van der Waals surface area contributed by atoms with Gasteiger partial charge in [-0.25, -0.2) is 9.97 Å². The van der Waals surface area contributed by atoms with E-state index in [0.29, 0.717) is 30.1 Å². The predicted octanol–water partition coefficient (Wildman–Crippen LogP) is 5.34. The number of amides is 1. The second-order valence-corrected chi connectivity index (χ2v) is 11.6. The van der Waals surface area contributed by atoms with E-state index < -0.39 is 0 Å². The van der Waals surface area contributed by atoms with Crippen LogP contribution in [0.3, 0.4) is 0 Å². The molecule has 38 heavy (non-hydrogen) atoms. The molecule has 1 atom stereocenters. The van der Waals surface area contributed by atoms with E-state index in [2.05, 4.69) is 41.1 Å². The first-order valence-electron chi connectivity index (χ1n) is 12.9. The second kappa shape index (κ2) is 11.1. The molecular weight excluding hydrogens is 518 g/mol. The van der Waals surface area contributed by atoms with Crippen LogP contribution in [0, 0.1) is 0 Å². The summed E-state index contributed by atoms with van der Waals surface area (Å²) in [5.41, 5.74) is 2.16. The molecule has 1 amide bonds. The minimum atomic E-state index is -0.229. The molecule has 0 radical (unpaired) electrons. The van der Waals surface area contributed by atoms with Crippen molar-refractivity contribution in [2.45, 2.75) is 62.1 Å². The SMILES string of the molecule is O=C(CSc1nnc(-c2cccnc2)n1C1CCCCC1)Nc1ncc2c(n1)CC(c1cccs1)CC2=O. The van der Waals surface area contributed by atoms with Gasteiger partial charge in [-0.3, -0.25) is 24.5 Å². The second-order valence-electron chi connectivity index (χ2n) is 9.64. The average molecular weight is 546 g/mol. The number of pyridine rings is 1. The van der Waals surface area contributed by atoms with Crippen molar-refractivity contribution in [2.24, 2.45) is 0 Å². The number of thiophene rings is 1. The Morgan fingerprint density at radius 2 is 2.00 bits per heavy atom. The first-order valence-corrected chi connectivity index (χ1v) is 14.7. The van der Waals surface area contributed by atoms with Crippen molar-refractivity contribution in [3.05, 3.63) is 64.4 Å². The van der Waals surface area contributed by atoms with E-state index in [9.17, 15) is 9.59 Å². The maximum atomic E-state index is 12.9. The van der Waals surface area contributed by atoms with Crippen molar-refractivity contribution < 1.29 is 9.59 Å². The van der Waals surface area contributed by atoms with E-state index in [1.165, 1.54) is 42.1 Å². The highest BCUT2D eigenvalue weighted by Gasteiger charge is 2.29. The summed E-state index contributed by atoms with van der Waals surface area (Å²) in [5.74, 6) is 1.09. The van der Waals surface area contributed by atoms with Crippen molar-refractivity contribution in [1.82, 2.24) is 29.7 Å². The average Bonchev–Trinajstić information content (AvgIpc) is 3.63. The number of hydrogen-bond donors (Lipinski definition) is 1. The molecule has 2 aliphatic rings. The number of anilines is 1. The van der Waals surface area contributed by atoms with Crippen molar-refractivity contribution in [2.75, 3.05) is 11.1 Å². The van der Waals surface area contributed by atoms with Gasteiger partial charge in [0.1, 0.15) is 0 Å². The number of hydrogen-bond acceptors (Lipinski definition) is 9. The highest BCUT2D eigenvalue weighted by atomic mass is 32.2. The Balaban J connectivity index is 1.16. The number of nitrogens with one attached hydrogen (secondary N) is 1. The number of Topliss-reactive ketones (excluding diaryl/α,β-unsaturated/α-hetero) is 1. The Labute approximate surface area is 228 Å². The number of carbonyl (C=O) groups excluding carboxylic acids is 2. The topological polar surface area (TPSA) is 116 Å². The summed E-state index contributed by atoms with van der Waals surface area (Å²) in [5, 5.41) is 14.5. The summed E-state index contributed by atoms with van der Waals surface area (Å²) in [6.45, 7) is 0. The van der Waals surface area contributed by atoms with Gasteiger partial charge in [-0.2, -0.15) is 0 Å². The number of nitrogens with zero attached hydrogens (tertiary/aromatic N) is 6. The van der Waals surface area contributed by atoms with Gasteiger partial charge in [-0.1, -0.05) is 37.1 Å². The molecule has 0 saturated heterocycles. The molecule has 1 unspecified atom stereocenters. The third kappa shape index (κ3) is 5.25. The third-order valence-corrected chi connectivity index (χ3v) is 9.07. The number of fused-ring (bicyclic) bond motifs is 1. The number of rotatable bonds is 7. The van der Waals surface area contributed by atoms with Crippen LogP contribution in [-0.2, 0) is 11.2 Å². The van der Waals surface area contributed by atoms with Gasteiger partial charge in [0.15, 0.2) is 16.8 Å². The van der Waals surface area contributed by atoms with Gasteiger partial charge in [0.2, 0.25) is 11.9 Å². The smallest absolute Gasteiger partial charge is 0.237 e. The molecule has 4 aromatic heterocycles. The molecule has 2 aliphatic carbocycles. The van der Waals surface area contributed by atoms with Crippen LogP contribution in [-0.4, -0.2) is 47.2 Å². The zero-order valence-corrected chi connectivity index (χ0v) is 22.4. The van der Waals surface area contributed by atoms with Crippen LogP contribution in [0.4, 0.5) is 5.95 Å². The summed E-state index contributed by atoms with van der Waals surface area (Å²) in [6.07, 6.45) is 11.9. The zero-order valence-electron chi connectivity index (χ0n) is 20.7. The third-order valence-electron chi connectivity index (χ3n) is 7.09. The summed E-state index contributed by atoms with van der Waals surface area (Å²) in [7, 11) is 0. The van der Waals surface area contributed by atoms with Crippen LogP contribution in [0.15, 0.2) is 53.4 Å². The van der Waals surface area contributed by atoms with Crippen molar-refractivity contribution in [3.63, 3.8) is 0 Å². The van der Waals surface area contributed by atoms with E-state index in [4.69, 9.17) is 0 Å². The summed E-state index contributed by atoms with van der Waals surface area (Å²) in [6, 6.07) is 8.24. The van der Waals surface area contributed by atoms with Gasteiger partial charge >= 0.3 is 0 Å². The van der Waals surface area contributed by atoms with Crippen LogP contribution in [0.2, 0.25) is 0 Å². The lowest BCUT2D eigenvalue weighted by Crippen LogP contribution is -2.22. The fraction of sp³-hybridized carbons (Fsp3) is 0.370. The molecule has 6 rings (SSSR count). The van der Waals surface area contributed by atoms with Gasteiger partial charge in [-0.15, -0.1) is 21.5 Å². The summed E-state index contributed by atoms with van der Waals surface area (Å²) < 4.78 is 2.18. The van der Waals surface area contributed by atoms with Gasteiger partial charge < -0.3 is 0 Å². The molecule has 1 N–H and O–H groups in total. The molecule has 4 aromatic rings. The Morgan fingerprint density at radius 3 is 2.79 bits per heavy atom. The number of carbonyl (C=O) groups is 2. The molecular formula is C27H27N7O2S2. The number of ketones is 1. The molecule has 0 bridgehead atoms. The standard InChI is InChI=1S/C27H27N7O2S2/c35-22-13-18(23-9-5-11-37-23)12-21-20(22)15-29-26(30-21)31-24(36)16-38-27-33-32-25(17-6-4-10-28-14-17)34(27)19-7-2-1-3-8-19/h4-6,9-11,14-15,18-19H,1-3,7-8,12-13,16H2,(H,29,30,31,36). The Bertz CT molecular complexity index is 1430. The molecule has 194 valence electrons. The van der Waals surface area contributed by atoms with Crippen LogP contribution in [0.25, 0.3) is 11.4 Å². The molecule has 4 heterocycles. The van der Waals surface area contributed by atoms with Gasteiger partial charge in [-0.05, 0) is 42.8 Å². The zero-order chi connectivity index (χ0) is 25.9. The van der Waals surface area contributed by atoms with E-state index in [1.54, 1.807) is 23.7 Å². The lowest BCUT2D eigenvalue weighted by Gasteiger charge is -2.25. The maximum Gasteiger partial charge on any atom is 0.237 e. The van der Waals surface area contributed by atoms with Gasteiger partial charge in [0.05, 0.1) is 17.0 Å². The summed E-state index contributed by atoms with van der Waals surface area (Å²) in [4.78, 5) is 39.8. The number of aromatic nitrogens is 6. The minimum absolute atomic E-state index is 0.0459. The molecule has 9 nitrogen and oxygen atoms in total. The Hall–Kier alpha value is -3.44. The molecule has 0 spiro atoms. The van der Waals surface area contributed by atoms with E-state index in [0.717, 1.165) is 29.4 Å². The lowest BCUT2D eigenvalue weighted by atomic mass is 9.86. The van der Waals surface area contributed by atoms with Crippen LogP contribution in [0.5, 0.6) is 0 Å². The Kier molecular flexibility index (Phi) is 7.28. The monoisotopic (exact) mass is 545 g/mol. The number of thioether (sulfide) groups is 1. The highest BCUT2D eigenvalue weighted by Crippen LogP contribution is 2.36. The summed E-state index contributed by atoms with van der Waals surface area (Å²) >= 11 is 3.01. The molecule has 1 saturated carbocycles. The first-order chi connectivity index (χ1) is 18.7. The van der Waals surface area contributed by atoms with Crippen molar-refractivity contribution in [3.8, 4) is 11.4 Å². The van der Waals surface area contributed by atoms with E-state index >= 15 is 0 Å². The molecule has 0 aromatic carbocycles. The highest BCUT2D eigenvalue weighted by molar-refractivity contribution is 7.99. The maximum absolute atomic E-state index is 12.9. The van der Waals surface area contributed by atoms with Gasteiger partial charge in [0.25, 0.3) is 0 Å². The lowest BCUT2D eigenvalue weighted by molar-refractivity contribution is -0.113. The van der Waals surface area contributed by atoms with Crippen LogP contribution >= 0.6 is 23.1 Å². The largest absolute Gasteiger partial charge is 0.299 e. The normalized spacial score (nSPS) is 17.8. The van der Waals surface area contributed by atoms with Crippen molar-refractivity contribution in [1.29, 1.82) is 0 Å². The van der Waals surface area contributed by atoms with Crippen molar-refractivity contribution >= 4 is 40.7 Å². The molecule has 0 aliphatic heterocycles. The van der Waals surface area contributed by atoms with E-state index in [1.807, 2.05) is 23.6 Å². The van der Waals surface area contributed by atoms with Crippen LogP contribution in [0.1, 0.15) is 71.4 Å². The molecule has 1 fully saturated rings. The fourth-order valence-corrected chi connectivity index (χ4v) is 6.89. The Morgan fingerprint density at radius 1 is 1.11 bits per heavy atom. The molecule has 11 heteroatoms.